The number of fused-ring (bicyclic) bond motifs is 1. The summed E-state index contributed by atoms with van der Waals surface area (Å²) in [6, 6.07) is 3.68. The molecule has 0 fully saturated rings. The second-order valence-electron chi connectivity index (χ2n) is 5.22. The van der Waals surface area contributed by atoms with Gasteiger partial charge >= 0.3 is 5.69 Å². The summed E-state index contributed by atoms with van der Waals surface area (Å²) in [4.78, 5) is 16.7. The molecule has 110 valence electrons. The quantitative estimate of drug-likeness (QED) is 0.666. The molecule has 1 atom stereocenters. The zero-order valence-electron chi connectivity index (χ0n) is 11.7. The van der Waals surface area contributed by atoms with Gasteiger partial charge in [-0.25, -0.2) is 4.79 Å². The summed E-state index contributed by atoms with van der Waals surface area (Å²) in [6.45, 7) is 2.19. The van der Waals surface area contributed by atoms with Crippen molar-refractivity contribution in [2.45, 2.75) is 51.6 Å². The van der Waals surface area contributed by atoms with Crippen LogP contribution in [-0.4, -0.2) is 15.1 Å². The second kappa shape index (κ2) is 7.09. The molecular weight excluding hydrogens is 320 g/mol. The van der Waals surface area contributed by atoms with Gasteiger partial charge in [0.05, 0.1) is 17.1 Å². The van der Waals surface area contributed by atoms with Crippen molar-refractivity contribution in [1.82, 2.24) is 9.97 Å². The van der Waals surface area contributed by atoms with E-state index in [9.17, 15) is 9.90 Å². The first-order valence-corrected chi connectivity index (χ1v) is 8.00. The van der Waals surface area contributed by atoms with Crippen molar-refractivity contribution >= 4 is 27.0 Å². The lowest BCUT2D eigenvalue weighted by molar-refractivity contribution is 0.162. The summed E-state index contributed by atoms with van der Waals surface area (Å²) < 4.78 is 0.835. The van der Waals surface area contributed by atoms with E-state index in [0.29, 0.717) is 0 Å². The third-order valence-electron chi connectivity index (χ3n) is 3.57. The minimum absolute atomic E-state index is 0.224. The molecule has 1 aromatic heterocycles. The van der Waals surface area contributed by atoms with E-state index >= 15 is 0 Å². The number of aliphatic hydroxyl groups is 1. The molecule has 2 aromatic rings. The fraction of sp³-hybridized carbons (Fsp3) is 0.533. The maximum Gasteiger partial charge on any atom is 0.323 e. The predicted octanol–water partition coefficient (Wildman–Crippen LogP) is 4.01. The van der Waals surface area contributed by atoms with Crippen LogP contribution in [0.5, 0.6) is 0 Å². The Hall–Kier alpha value is -1.07. The molecule has 0 aliphatic rings. The molecule has 5 heteroatoms. The Labute approximate surface area is 126 Å². The van der Waals surface area contributed by atoms with Crippen molar-refractivity contribution in [2.24, 2.45) is 0 Å². The molecule has 0 spiro atoms. The first-order chi connectivity index (χ1) is 9.61. The van der Waals surface area contributed by atoms with Crippen LogP contribution in [0.4, 0.5) is 0 Å². The minimum atomic E-state index is -0.492. The fourth-order valence-corrected chi connectivity index (χ4v) is 3.03. The average molecular weight is 341 g/mol. The van der Waals surface area contributed by atoms with Crippen LogP contribution in [0.1, 0.15) is 57.1 Å². The van der Waals surface area contributed by atoms with E-state index in [0.717, 1.165) is 40.3 Å². The zero-order valence-corrected chi connectivity index (χ0v) is 13.3. The van der Waals surface area contributed by atoms with E-state index in [-0.39, 0.29) is 5.69 Å². The molecule has 1 unspecified atom stereocenters. The maximum atomic E-state index is 11.3. The summed E-state index contributed by atoms with van der Waals surface area (Å²) in [5, 5.41) is 10.3. The van der Waals surface area contributed by atoms with Crippen LogP contribution in [0.25, 0.3) is 11.0 Å². The van der Waals surface area contributed by atoms with Crippen LogP contribution in [0.2, 0.25) is 0 Å². The second-order valence-corrected chi connectivity index (χ2v) is 6.07. The highest BCUT2D eigenvalue weighted by molar-refractivity contribution is 9.10. The third-order valence-corrected chi connectivity index (χ3v) is 4.26. The lowest BCUT2D eigenvalue weighted by Crippen LogP contribution is -1.99. The van der Waals surface area contributed by atoms with Crippen LogP contribution in [-0.2, 0) is 0 Å². The Balaban J connectivity index is 2.03. The van der Waals surface area contributed by atoms with E-state index in [1.165, 1.54) is 19.3 Å². The summed E-state index contributed by atoms with van der Waals surface area (Å²) in [5.41, 5.74) is 2.10. The first kappa shape index (κ1) is 15.3. The van der Waals surface area contributed by atoms with Gasteiger partial charge in [-0.05, 0) is 24.1 Å². The molecule has 2 rings (SSSR count). The number of unbranched alkanes of at least 4 members (excludes halogenated alkanes) is 4. The Morgan fingerprint density at radius 1 is 1.15 bits per heavy atom. The normalized spacial score (nSPS) is 12.9. The Morgan fingerprint density at radius 2 is 1.80 bits per heavy atom. The molecule has 0 saturated heterocycles. The van der Waals surface area contributed by atoms with Crippen molar-refractivity contribution in [3.05, 3.63) is 32.7 Å². The molecular formula is C15H21BrN2O2. The topological polar surface area (TPSA) is 68.9 Å². The number of nitrogens with one attached hydrogen (secondary N) is 2. The molecule has 1 heterocycles. The lowest BCUT2D eigenvalue weighted by Gasteiger charge is -2.13. The highest BCUT2D eigenvalue weighted by Crippen LogP contribution is 2.30. The largest absolute Gasteiger partial charge is 0.388 e. The number of hydrogen-bond donors (Lipinski definition) is 3. The van der Waals surface area contributed by atoms with Crippen LogP contribution in [0.15, 0.2) is 21.4 Å². The van der Waals surface area contributed by atoms with Crippen molar-refractivity contribution in [3.63, 3.8) is 0 Å². The number of imidazole rings is 1. The van der Waals surface area contributed by atoms with Gasteiger partial charge in [-0.3, -0.25) is 0 Å². The van der Waals surface area contributed by atoms with Gasteiger partial charge in [0.2, 0.25) is 0 Å². The fourth-order valence-electron chi connectivity index (χ4n) is 2.42. The van der Waals surface area contributed by atoms with E-state index in [2.05, 4.69) is 32.8 Å². The Morgan fingerprint density at radius 3 is 2.50 bits per heavy atom. The van der Waals surface area contributed by atoms with Gasteiger partial charge in [-0.1, -0.05) is 55.0 Å². The van der Waals surface area contributed by atoms with Crippen LogP contribution >= 0.6 is 15.9 Å². The van der Waals surface area contributed by atoms with E-state index in [1.807, 2.05) is 12.1 Å². The molecule has 0 aliphatic heterocycles. The number of H-pyrrole nitrogens is 2. The maximum absolute atomic E-state index is 11.3. The van der Waals surface area contributed by atoms with Crippen molar-refractivity contribution in [1.29, 1.82) is 0 Å². The molecule has 0 aliphatic carbocycles. The molecule has 0 amide bonds. The molecule has 3 N–H and O–H groups in total. The number of aliphatic hydroxyl groups excluding tert-OH is 1. The van der Waals surface area contributed by atoms with Crippen LogP contribution < -0.4 is 5.69 Å². The number of aromatic nitrogens is 2. The smallest absolute Gasteiger partial charge is 0.323 e. The number of hydrogen-bond acceptors (Lipinski definition) is 2. The van der Waals surface area contributed by atoms with E-state index in [1.54, 1.807) is 0 Å². The van der Waals surface area contributed by atoms with Gasteiger partial charge in [0.15, 0.2) is 0 Å². The number of benzene rings is 1. The first-order valence-electron chi connectivity index (χ1n) is 7.21. The van der Waals surface area contributed by atoms with Gasteiger partial charge in [0, 0.05) is 4.47 Å². The number of rotatable bonds is 7. The third kappa shape index (κ3) is 3.73. The number of aromatic amines is 2. The van der Waals surface area contributed by atoms with Gasteiger partial charge in [0.25, 0.3) is 0 Å². The van der Waals surface area contributed by atoms with Crippen molar-refractivity contribution in [3.8, 4) is 0 Å². The van der Waals surface area contributed by atoms with E-state index < -0.39 is 6.10 Å². The Bertz CT molecular complexity index is 618. The SMILES string of the molecule is CCCCCCCC(O)c1cc2[nH]c(=O)[nH]c2cc1Br. The molecule has 0 saturated carbocycles. The van der Waals surface area contributed by atoms with Crippen LogP contribution in [0, 0.1) is 0 Å². The summed E-state index contributed by atoms with van der Waals surface area (Å²) in [5.74, 6) is 0. The average Bonchev–Trinajstić information content (AvgIpc) is 2.76. The molecule has 20 heavy (non-hydrogen) atoms. The van der Waals surface area contributed by atoms with E-state index in [4.69, 9.17) is 0 Å². The van der Waals surface area contributed by atoms with Crippen LogP contribution in [0.3, 0.4) is 0 Å². The summed E-state index contributed by atoms with van der Waals surface area (Å²) in [7, 11) is 0. The predicted molar refractivity (Wildman–Crippen MR) is 85.0 cm³/mol. The lowest BCUT2D eigenvalue weighted by atomic mass is 10.0. The van der Waals surface area contributed by atoms with Crippen molar-refractivity contribution in [2.75, 3.05) is 0 Å². The molecule has 1 aromatic carbocycles. The standard InChI is InChI=1S/C15H21BrN2O2/c1-2-3-4-5-6-7-14(19)10-8-12-13(9-11(10)16)18-15(20)17-12/h8-9,14,19H,2-7H2,1H3,(H2,17,18,20). The monoisotopic (exact) mass is 340 g/mol. The van der Waals surface area contributed by atoms with Crippen molar-refractivity contribution < 1.29 is 5.11 Å². The summed E-state index contributed by atoms with van der Waals surface area (Å²) >= 11 is 3.47. The van der Waals surface area contributed by atoms with Gasteiger partial charge < -0.3 is 15.1 Å². The molecule has 0 bridgehead atoms. The van der Waals surface area contributed by atoms with Gasteiger partial charge in [-0.2, -0.15) is 0 Å². The summed E-state index contributed by atoms with van der Waals surface area (Å²) in [6.07, 6.45) is 6.16. The Kier molecular flexibility index (Phi) is 5.43. The molecule has 0 radical (unpaired) electrons. The number of halogens is 1. The zero-order chi connectivity index (χ0) is 14.5. The minimum Gasteiger partial charge on any atom is -0.388 e. The van der Waals surface area contributed by atoms with Gasteiger partial charge in [0.1, 0.15) is 0 Å². The highest BCUT2D eigenvalue weighted by atomic mass is 79.9. The molecule has 4 nitrogen and oxygen atoms in total. The highest BCUT2D eigenvalue weighted by Gasteiger charge is 2.13. The van der Waals surface area contributed by atoms with Gasteiger partial charge in [-0.15, -0.1) is 0 Å².